The number of benzene rings is 1. The molecule has 19 heavy (non-hydrogen) atoms. The van der Waals surface area contributed by atoms with E-state index in [9.17, 15) is 0 Å². The summed E-state index contributed by atoms with van der Waals surface area (Å²) in [5, 5.41) is 3.83. The molecule has 2 aliphatic rings. The average Bonchev–Trinajstić information content (AvgIpc) is 3.10. The maximum atomic E-state index is 3.83. The van der Waals surface area contributed by atoms with Crippen LogP contribution in [0.5, 0.6) is 0 Å². The van der Waals surface area contributed by atoms with Gasteiger partial charge in [0.25, 0.3) is 0 Å². The summed E-state index contributed by atoms with van der Waals surface area (Å²) in [6, 6.07) is 9.67. The van der Waals surface area contributed by atoms with Gasteiger partial charge in [-0.3, -0.25) is 0 Å². The van der Waals surface area contributed by atoms with Crippen LogP contribution in [0.25, 0.3) is 0 Å². The molecule has 1 nitrogen and oxygen atoms in total. The highest BCUT2D eigenvalue weighted by molar-refractivity contribution is 5.31. The van der Waals surface area contributed by atoms with Crippen molar-refractivity contribution in [1.29, 1.82) is 0 Å². The highest BCUT2D eigenvalue weighted by atomic mass is 15.0. The minimum atomic E-state index is 0.697. The van der Waals surface area contributed by atoms with Gasteiger partial charge < -0.3 is 5.32 Å². The fraction of sp³-hybridized carbons (Fsp3) is 0.667. The van der Waals surface area contributed by atoms with Gasteiger partial charge in [0, 0.05) is 12.6 Å². The number of hydrogen-bond acceptors (Lipinski definition) is 1. The van der Waals surface area contributed by atoms with E-state index in [-0.39, 0.29) is 0 Å². The van der Waals surface area contributed by atoms with Crippen molar-refractivity contribution < 1.29 is 0 Å². The van der Waals surface area contributed by atoms with Gasteiger partial charge in [-0.1, -0.05) is 37.6 Å². The lowest BCUT2D eigenvalue weighted by atomic mass is 9.74. The first-order valence-electron chi connectivity index (χ1n) is 8.01. The van der Waals surface area contributed by atoms with E-state index in [1.807, 2.05) is 0 Å². The van der Waals surface area contributed by atoms with Gasteiger partial charge in [0.15, 0.2) is 0 Å². The lowest BCUT2D eigenvalue weighted by molar-refractivity contribution is 0.265. The van der Waals surface area contributed by atoms with Crippen LogP contribution in [0.4, 0.5) is 0 Å². The Balaban J connectivity index is 1.45. The molecule has 0 aromatic heterocycles. The molecule has 1 N–H and O–H groups in total. The number of nitrogens with one attached hydrogen (secondary N) is 1. The molecule has 0 aliphatic heterocycles. The summed E-state index contributed by atoms with van der Waals surface area (Å²) in [4.78, 5) is 0. The van der Waals surface area contributed by atoms with E-state index in [2.05, 4.69) is 43.4 Å². The second-order valence-electron chi connectivity index (χ2n) is 6.85. The van der Waals surface area contributed by atoms with Gasteiger partial charge in [-0.05, 0) is 61.5 Å². The molecule has 0 saturated heterocycles. The first-order valence-corrected chi connectivity index (χ1v) is 8.01. The maximum Gasteiger partial charge on any atom is 0.00789 e. The molecule has 3 rings (SSSR count). The van der Waals surface area contributed by atoms with Gasteiger partial charge >= 0.3 is 0 Å². The number of aryl methyl sites for hydroxylation is 1. The summed E-state index contributed by atoms with van der Waals surface area (Å²) >= 11 is 0. The molecular formula is C18H27N. The zero-order chi connectivity index (χ0) is 13.3. The molecule has 0 spiro atoms. The van der Waals surface area contributed by atoms with Crippen LogP contribution in [0.15, 0.2) is 24.3 Å². The Bertz CT molecular complexity index is 427. The molecule has 2 aliphatic carbocycles. The zero-order valence-corrected chi connectivity index (χ0v) is 12.4. The van der Waals surface area contributed by atoms with Crippen molar-refractivity contribution in [2.45, 2.75) is 64.3 Å². The zero-order valence-electron chi connectivity index (χ0n) is 12.4. The second-order valence-corrected chi connectivity index (χ2v) is 6.85. The van der Waals surface area contributed by atoms with E-state index >= 15 is 0 Å². The molecule has 0 amide bonds. The smallest absolute Gasteiger partial charge is 0.00789 e. The van der Waals surface area contributed by atoms with E-state index in [0.717, 1.165) is 12.0 Å². The Labute approximate surface area is 117 Å². The third-order valence-corrected chi connectivity index (χ3v) is 5.27. The van der Waals surface area contributed by atoms with Gasteiger partial charge in [0.05, 0.1) is 0 Å². The molecule has 1 aromatic rings. The normalized spacial score (nSPS) is 27.9. The van der Waals surface area contributed by atoms with E-state index in [1.165, 1.54) is 50.6 Å². The standard InChI is InChI=1S/C18H27N/c1-3-8-18(9-10-18)13-19-16-11-15(12-16)17-7-5-4-6-14(17)2/h4-7,15-16,19H,3,8-13H2,1-2H3. The van der Waals surface area contributed by atoms with Crippen molar-refractivity contribution in [3.63, 3.8) is 0 Å². The fourth-order valence-electron chi connectivity index (χ4n) is 3.67. The van der Waals surface area contributed by atoms with E-state index in [0.29, 0.717) is 5.41 Å². The first kappa shape index (κ1) is 13.2. The number of rotatable bonds is 6. The molecule has 0 radical (unpaired) electrons. The van der Waals surface area contributed by atoms with Crippen LogP contribution in [-0.4, -0.2) is 12.6 Å². The van der Waals surface area contributed by atoms with E-state index in [1.54, 1.807) is 5.56 Å². The van der Waals surface area contributed by atoms with Crippen LogP contribution in [0, 0.1) is 12.3 Å². The van der Waals surface area contributed by atoms with Crippen molar-refractivity contribution in [3.8, 4) is 0 Å². The summed E-state index contributed by atoms with van der Waals surface area (Å²) in [6.07, 6.45) is 8.37. The monoisotopic (exact) mass is 257 g/mol. The molecular weight excluding hydrogens is 230 g/mol. The van der Waals surface area contributed by atoms with Crippen molar-refractivity contribution in [2.24, 2.45) is 5.41 Å². The quantitative estimate of drug-likeness (QED) is 0.796. The molecule has 1 aromatic carbocycles. The van der Waals surface area contributed by atoms with Crippen molar-refractivity contribution in [2.75, 3.05) is 6.54 Å². The maximum absolute atomic E-state index is 3.83. The largest absolute Gasteiger partial charge is 0.313 e. The van der Waals surface area contributed by atoms with Gasteiger partial charge in [-0.25, -0.2) is 0 Å². The van der Waals surface area contributed by atoms with Crippen LogP contribution < -0.4 is 5.32 Å². The fourth-order valence-corrected chi connectivity index (χ4v) is 3.67. The molecule has 1 heteroatoms. The highest BCUT2D eigenvalue weighted by Gasteiger charge is 2.42. The molecule has 0 bridgehead atoms. The van der Waals surface area contributed by atoms with Crippen molar-refractivity contribution in [3.05, 3.63) is 35.4 Å². The average molecular weight is 257 g/mol. The van der Waals surface area contributed by atoms with Gasteiger partial charge in [-0.2, -0.15) is 0 Å². The molecule has 0 atom stereocenters. The van der Waals surface area contributed by atoms with Crippen molar-refractivity contribution in [1.82, 2.24) is 5.32 Å². The summed E-state index contributed by atoms with van der Waals surface area (Å²) < 4.78 is 0. The summed E-state index contributed by atoms with van der Waals surface area (Å²) in [5.74, 6) is 0.806. The predicted octanol–water partition coefficient (Wildman–Crippen LogP) is 4.41. The van der Waals surface area contributed by atoms with Crippen LogP contribution in [-0.2, 0) is 0 Å². The Morgan fingerprint density at radius 1 is 1.21 bits per heavy atom. The minimum absolute atomic E-state index is 0.697. The number of hydrogen-bond donors (Lipinski definition) is 1. The molecule has 0 unspecified atom stereocenters. The lowest BCUT2D eigenvalue weighted by Gasteiger charge is -2.38. The molecule has 2 fully saturated rings. The Morgan fingerprint density at radius 2 is 1.95 bits per heavy atom. The van der Waals surface area contributed by atoms with Gasteiger partial charge in [-0.15, -0.1) is 0 Å². The molecule has 2 saturated carbocycles. The molecule has 0 heterocycles. The third kappa shape index (κ3) is 2.86. The van der Waals surface area contributed by atoms with Crippen molar-refractivity contribution >= 4 is 0 Å². The third-order valence-electron chi connectivity index (χ3n) is 5.27. The predicted molar refractivity (Wildman–Crippen MR) is 81.5 cm³/mol. The van der Waals surface area contributed by atoms with Gasteiger partial charge in [0.2, 0.25) is 0 Å². The topological polar surface area (TPSA) is 12.0 Å². The Hall–Kier alpha value is -0.820. The summed E-state index contributed by atoms with van der Waals surface area (Å²) in [7, 11) is 0. The summed E-state index contributed by atoms with van der Waals surface area (Å²) in [5.41, 5.74) is 3.74. The lowest BCUT2D eigenvalue weighted by Crippen LogP contribution is -2.42. The SMILES string of the molecule is CCCC1(CNC2CC(c3ccccc3C)C2)CC1. The first-order chi connectivity index (χ1) is 9.22. The van der Waals surface area contributed by atoms with Crippen LogP contribution in [0.1, 0.15) is 62.5 Å². The van der Waals surface area contributed by atoms with Crippen LogP contribution in [0.2, 0.25) is 0 Å². The Morgan fingerprint density at radius 3 is 2.58 bits per heavy atom. The highest BCUT2D eigenvalue weighted by Crippen LogP contribution is 2.49. The Kier molecular flexibility index (Phi) is 3.66. The van der Waals surface area contributed by atoms with Crippen LogP contribution in [0.3, 0.4) is 0 Å². The second kappa shape index (κ2) is 5.28. The van der Waals surface area contributed by atoms with E-state index < -0.39 is 0 Å². The minimum Gasteiger partial charge on any atom is -0.313 e. The summed E-state index contributed by atoms with van der Waals surface area (Å²) in [6.45, 7) is 5.83. The van der Waals surface area contributed by atoms with Gasteiger partial charge in [0.1, 0.15) is 0 Å². The van der Waals surface area contributed by atoms with E-state index in [4.69, 9.17) is 0 Å². The van der Waals surface area contributed by atoms with Crippen LogP contribution >= 0.6 is 0 Å². The molecule has 104 valence electrons.